The van der Waals surface area contributed by atoms with Gasteiger partial charge in [-0.1, -0.05) is 61.3 Å². The van der Waals surface area contributed by atoms with Crippen LogP contribution in [0.15, 0.2) is 0 Å². The molecule has 1 aliphatic carbocycles. The second kappa shape index (κ2) is 7.41. The average Bonchev–Trinajstić information content (AvgIpc) is 2.52. The van der Waals surface area contributed by atoms with Gasteiger partial charge < -0.3 is 0 Å². The molecule has 1 saturated carbocycles. The fraction of sp³-hybridized carbons (Fsp3) is 1.00. The van der Waals surface area contributed by atoms with Crippen molar-refractivity contribution in [3.63, 3.8) is 0 Å². The van der Waals surface area contributed by atoms with Crippen molar-refractivity contribution in [2.75, 3.05) is 0 Å². The fourth-order valence-corrected chi connectivity index (χ4v) is 2.39. The maximum absolute atomic E-state index is 2.40. The van der Waals surface area contributed by atoms with E-state index >= 15 is 0 Å². The van der Waals surface area contributed by atoms with Gasteiger partial charge in [0.15, 0.2) is 0 Å². The second-order valence-corrected chi connectivity index (χ2v) is 4.06. The summed E-state index contributed by atoms with van der Waals surface area (Å²) >= 11 is 0. The van der Waals surface area contributed by atoms with Crippen LogP contribution in [0.1, 0.15) is 74.1 Å². The SMILES string of the molecule is C.CC.CCC1(CC)CCC(C)C1. The normalized spacial score (nSPS) is 24.2. The molecule has 0 nitrogen and oxygen atoms in total. The molecule has 0 heterocycles. The number of rotatable bonds is 2. The molecule has 0 bridgehead atoms. The lowest BCUT2D eigenvalue weighted by atomic mass is 9.80. The molecule has 1 aliphatic rings. The second-order valence-electron chi connectivity index (χ2n) is 4.06. The Labute approximate surface area is 86.1 Å². The van der Waals surface area contributed by atoms with Gasteiger partial charge in [-0.05, 0) is 24.2 Å². The van der Waals surface area contributed by atoms with Gasteiger partial charge in [-0.15, -0.1) is 0 Å². The lowest BCUT2D eigenvalue weighted by Gasteiger charge is -2.25. The largest absolute Gasteiger partial charge is 0.0776 e. The first-order valence-corrected chi connectivity index (χ1v) is 5.72. The van der Waals surface area contributed by atoms with Gasteiger partial charge in [-0.2, -0.15) is 0 Å². The highest BCUT2D eigenvalue weighted by atomic mass is 14.4. The highest BCUT2D eigenvalue weighted by molar-refractivity contribution is 4.85. The molecule has 1 fully saturated rings. The van der Waals surface area contributed by atoms with E-state index in [0.29, 0.717) is 0 Å². The van der Waals surface area contributed by atoms with E-state index in [1.807, 2.05) is 13.8 Å². The summed E-state index contributed by atoms with van der Waals surface area (Å²) in [5, 5.41) is 0. The van der Waals surface area contributed by atoms with Crippen molar-refractivity contribution in [3.8, 4) is 0 Å². The van der Waals surface area contributed by atoms with Crippen LogP contribution < -0.4 is 0 Å². The maximum atomic E-state index is 2.40. The molecule has 0 spiro atoms. The Morgan fingerprint density at radius 1 is 1.15 bits per heavy atom. The minimum atomic E-state index is 0. The van der Waals surface area contributed by atoms with Crippen LogP contribution in [-0.2, 0) is 0 Å². The standard InChI is InChI=1S/C10H20.C2H6.CH4/c1-4-10(5-2)7-6-9(3)8-10;1-2;/h9H,4-8H2,1-3H3;1-2H3;1H4. The molecule has 0 aliphatic heterocycles. The van der Waals surface area contributed by atoms with Crippen molar-refractivity contribution in [2.24, 2.45) is 11.3 Å². The van der Waals surface area contributed by atoms with E-state index in [0.717, 1.165) is 11.3 Å². The van der Waals surface area contributed by atoms with Crippen molar-refractivity contribution < 1.29 is 0 Å². The molecule has 0 heteroatoms. The Morgan fingerprint density at radius 3 is 1.77 bits per heavy atom. The molecule has 1 unspecified atom stereocenters. The van der Waals surface area contributed by atoms with Crippen LogP contribution in [0.25, 0.3) is 0 Å². The van der Waals surface area contributed by atoms with Gasteiger partial charge >= 0.3 is 0 Å². The van der Waals surface area contributed by atoms with E-state index in [1.54, 1.807) is 0 Å². The van der Waals surface area contributed by atoms with Crippen LogP contribution in [0.4, 0.5) is 0 Å². The topological polar surface area (TPSA) is 0 Å². The predicted octanol–water partition coefficient (Wildman–Crippen LogP) is 5.28. The maximum Gasteiger partial charge on any atom is -0.0300 e. The predicted molar refractivity (Wildman–Crippen MR) is 64.1 cm³/mol. The zero-order valence-electron chi connectivity index (χ0n) is 9.61. The summed E-state index contributed by atoms with van der Waals surface area (Å²) in [6.45, 7) is 11.1. The summed E-state index contributed by atoms with van der Waals surface area (Å²) in [4.78, 5) is 0. The minimum absolute atomic E-state index is 0. The Balaban J connectivity index is 0. The van der Waals surface area contributed by atoms with E-state index in [-0.39, 0.29) is 7.43 Å². The van der Waals surface area contributed by atoms with Crippen molar-refractivity contribution >= 4 is 0 Å². The van der Waals surface area contributed by atoms with Crippen LogP contribution in [0, 0.1) is 11.3 Å². The summed E-state index contributed by atoms with van der Waals surface area (Å²) in [6, 6.07) is 0. The van der Waals surface area contributed by atoms with Gasteiger partial charge in [-0.25, -0.2) is 0 Å². The Bertz CT molecular complexity index is 101. The molecule has 0 saturated heterocycles. The zero-order chi connectivity index (χ0) is 9.61. The van der Waals surface area contributed by atoms with Gasteiger partial charge in [0.05, 0.1) is 0 Å². The van der Waals surface area contributed by atoms with E-state index in [2.05, 4.69) is 20.8 Å². The van der Waals surface area contributed by atoms with Crippen molar-refractivity contribution in [3.05, 3.63) is 0 Å². The minimum Gasteiger partial charge on any atom is -0.0776 e. The smallest absolute Gasteiger partial charge is 0.0300 e. The van der Waals surface area contributed by atoms with E-state index < -0.39 is 0 Å². The Morgan fingerprint density at radius 2 is 1.62 bits per heavy atom. The van der Waals surface area contributed by atoms with Crippen LogP contribution in [0.2, 0.25) is 0 Å². The quantitative estimate of drug-likeness (QED) is 0.551. The monoisotopic (exact) mass is 186 g/mol. The highest BCUT2D eigenvalue weighted by Crippen LogP contribution is 2.46. The molecular formula is C13H30. The molecule has 1 atom stereocenters. The molecule has 0 aromatic heterocycles. The molecule has 82 valence electrons. The molecule has 0 N–H and O–H groups in total. The zero-order valence-corrected chi connectivity index (χ0v) is 9.61. The van der Waals surface area contributed by atoms with E-state index in [9.17, 15) is 0 Å². The fourth-order valence-electron chi connectivity index (χ4n) is 2.39. The summed E-state index contributed by atoms with van der Waals surface area (Å²) in [6.07, 6.45) is 7.24. The van der Waals surface area contributed by atoms with Crippen molar-refractivity contribution in [1.82, 2.24) is 0 Å². The van der Waals surface area contributed by atoms with Crippen LogP contribution in [0.5, 0.6) is 0 Å². The lowest BCUT2D eigenvalue weighted by molar-refractivity contribution is 0.263. The molecule has 0 amide bonds. The van der Waals surface area contributed by atoms with Crippen molar-refractivity contribution in [1.29, 1.82) is 0 Å². The molecule has 0 aromatic rings. The highest BCUT2D eigenvalue weighted by Gasteiger charge is 2.33. The van der Waals surface area contributed by atoms with Gasteiger partial charge in [0, 0.05) is 0 Å². The van der Waals surface area contributed by atoms with Crippen LogP contribution >= 0.6 is 0 Å². The number of hydrogen-bond donors (Lipinski definition) is 0. The van der Waals surface area contributed by atoms with E-state index in [4.69, 9.17) is 0 Å². The summed E-state index contributed by atoms with van der Waals surface area (Å²) < 4.78 is 0. The lowest BCUT2D eigenvalue weighted by Crippen LogP contribution is -2.13. The van der Waals surface area contributed by atoms with Gasteiger partial charge in [0.25, 0.3) is 0 Å². The van der Waals surface area contributed by atoms with Gasteiger partial charge in [-0.3, -0.25) is 0 Å². The van der Waals surface area contributed by atoms with Gasteiger partial charge in [0.1, 0.15) is 0 Å². The third kappa shape index (κ3) is 4.15. The van der Waals surface area contributed by atoms with E-state index in [1.165, 1.54) is 32.1 Å². The molecule has 0 radical (unpaired) electrons. The van der Waals surface area contributed by atoms with Crippen molar-refractivity contribution in [2.45, 2.75) is 74.1 Å². The summed E-state index contributed by atoms with van der Waals surface area (Å²) in [5.41, 5.74) is 0.749. The third-order valence-electron chi connectivity index (χ3n) is 3.45. The molecule has 13 heavy (non-hydrogen) atoms. The molecule has 1 rings (SSSR count). The molecule has 0 aromatic carbocycles. The first-order valence-electron chi connectivity index (χ1n) is 5.72. The Kier molecular flexibility index (Phi) is 8.82. The first kappa shape index (κ1) is 15.5. The third-order valence-corrected chi connectivity index (χ3v) is 3.45. The summed E-state index contributed by atoms with van der Waals surface area (Å²) in [5.74, 6) is 1.000. The first-order chi connectivity index (χ1) is 5.72. The van der Waals surface area contributed by atoms with Gasteiger partial charge in [0.2, 0.25) is 0 Å². The molecular weight excluding hydrogens is 156 g/mol. The van der Waals surface area contributed by atoms with Crippen LogP contribution in [-0.4, -0.2) is 0 Å². The number of hydrogen-bond acceptors (Lipinski definition) is 0. The Hall–Kier alpha value is 0. The summed E-state index contributed by atoms with van der Waals surface area (Å²) in [7, 11) is 0. The van der Waals surface area contributed by atoms with Crippen LogP contribution in [0.3, 0.4) is 0 Å². The average molecular weight is 186 g/mol.